The molecule has 1 fully saturated rings. The zero-order chi connectivity index (χ0) is 8.10. The predicted molar refractivity (Wildman–Crippen MR) is 45.1 cm³/mol. The zero-order valence-electron chi connectivity index (χ0n) is 7.21. The van der Waals surface area contributed by atoms with Crippen molar-refractivity contribution in [1.82, 2.24) is 4.90 Å². The van der Waals surface area contributed by atoms with Crippen LogP contribution >= 0.6 is 0 Å². The van der Waals surface area contributed by atoms with E-state index in [4.69, 9.17) is 5.26 Å². The predicted octanol–water partition coefficient (Wildman–Crippen LogP) is 1.63. The molecular weight excluding hydrogens is 136 g/mol. The monoisotopic (exact) mass is 152 g/mol. The second-order valence-corrected chi connectivity index (χ2v) is 3.31. The first kappa shape index (κ1) is 8.55. The molecule has 11 heavy (non-hydrogen) atoms. The Bertz CT molecular complexity index is 148. The van der Waals surface area contributed by atoms with Crippen LogP contribution in [0.5, 0.6) is 0 Å². The second kappa shape index (κ2) is 4.35. The molecule has 2 heteroatoms. The van der Waals surface area contributed by atoms with Gasteiger partial charge < -0.3 is 0 Å². The number of hydrogen-bond donors (Lipinski definition) is 0. The summed E-state index contributed by atoms with van der Waals surface area (Å²) in [5.41, 5.74) is 0. The van der Waals surface area contributed by atoms with Gasteiger partial charge in [-0.2, -0.15) is 5.26 Å². The van der Waals surface area contributed by atoms with Crippen LogP contribution in [-0.2, 0) is 0 Å². The summed E-state index contributed by atoms with van der Waals surface area (Å²) in [6.07, 6.45) is 3.90. The highest BCUT2D eigenvalue weighted by atomic mass is 15.1. The molecule has 0 aromatic heterocycles. The summed E-state index contributed by atoms with van der Waals surface area (Å²) in [7, 11) is 0. The molecule has 0 bridgehead atoms. The largest absolute Gasteiger partial charge is 0.290 e. The van der Waals surface area contributed by atoms with Crippen LogP contribution in [0, 0.1) is 17.2 Å². The normalized spacial score (nSPS) is 26.4. The van der Waals surface area contributed by atoms with Gasteiger partial charge in [0.1, 0.15) is 0 Å². The van der Waals surface area contributed by atoms with Crippen molar-refractivity contribution in [1.29, 1.82) is 5.26 Å². The quantitative estimate of drug-likeness (QED) is 0.562. The first-order valence-corrected chi connectivity index (χ1v) is 4.46. The maximum atomic E-state index is 8.49. The van der Waals surface area contributed by atoms with Crippen molar-refractivity contribution in [3.05, 3.63) is 0 Å². The minimum Gasteiger partial charge on any atom is -0.290 e. The summed E-state index contributed by atoms with van der Waals surface area (Å²) in [5, 5.41) is 8.49. The summed E-state index contributed by atoms with van der Waals surface area (Å²) < 4.78 is 0. The summed E-state index contributed by atoms with van der Waals surface area (Å²) >= 11 is 0. The summed E-state index contributed by atoms with van der Waals surface area (Å²) in [6, 6.07) is 2.21. The van der Waals surface area contributed by atoms with Gasteiger partial charge in [-0.05, 0) is 25.3 Å². The van der Waals surface area contributed by atoms with Gasteiger partial charge in [-0.3, -0.25) is 4.90 Å². The number of rotatable bonds is 2. The molecule has 0 aromatic rings. The molecular formula is C9H16N2. The highest BCUT2D eigenvalue weighted by molar-refractivity contribution is 4.80. The highest BCUT2D eigenvalue weighted by Gasteiger charge is 2.17. The molecule has 1 saturated heterocycles. The van der Waals surface area contributed by atoms with Crippen molar-refractivity contribution in [3.63, 3.8) is 0 Å². The van der Waals surface area contributed by atoms with Crippen molar-refractivity contribution in [2.45, 2.75) is 26.2 Å². The second-order valence-electron chi connectivity index (χ2n) is 3.31. The van der Waals surface area contributed by atoms with Gasteiger partial charge in [0.05, 0.1) is 12.6 Å². The van der Waals surface area contributed by atoms with E-state index >= 15 is 0 Å². The third-order valence-electron chi connectivity index (χ3n) is 2.47. The fourth-order valence-corrected chi connectivity index (χ4v) is 1.73. The van der Waals surface area contributed by atoms with Crippen molar-refractivity contribution >= 4 is 0 Å². The smallest absolute Gasteiger partial charge is 0.0866 e. The minimum absolute atomic E-state index is 0.622. The Hall–Kier alpha value is -0.550. The zero-order valence-corrected chi connectivity index (χ0v) is 7.21. The van der Waals surface area contributed by atoms with E-state index in [1.165, 1.54) is 19.3 Å². The molecule has 62 valence electrons. The molecule has 0 spiro atoms. The minimum atomic E-state index is 0.622. The third kappa shape index (κ3) is 2.51. The highest BCUT2D eigenvalue weighted by Crippen LogP contribution is 2.18. The molecule has 1 heterocycles. The van der Waals surface area contributed by atoms with Crippen LogP contribution in [0.15, 0.2) is 0 Å². The Morgan fingerprint density at radius 2 is 2.45 bits per heavy atom. The van der Waals surface area contributed by atoms with Gasteiger partial charge in [-0.1, -0.05) is 13.3 Å². The molecule has 0 saturated carbocycles. The van der Waals surface area contributed by atoms with Gasteiger partial charge in [0, 0.05) is 6.54 Å². The van der Waals surface area contributed by atoms with Crippen LogP contribution < -0.4 is 0 Å². The van der Waals surface area contributed by atoms with Crippen LogP contribution in [-0.4, -0.2) is 24.5 Å². The molecule has 0 aromatic carbocycles. The molecule has 0 radical (unpaired) electrons. The first-order chi connectivity index (χ1) is 5.36. The first-order valence-electron chi connectivity index (χ1n) is 4.46. The summed E-state index contributed by atoms with van der Waals surface area (Å²) in [6.45, 7) is 5.13. The van der Waals surface area contributed by atoms with Crippen LogP contribution in [0.2, 0.25) is 0 Å². The van der Waals surface area contributed by atoms with Gasteiger partial charge in [-0.15, -0.1) is 0 Å². The Labute approximate surface area is 68.8 Å². The average molecular weight is 152 g/mol. The maximum absolute atomic E-state index is 8.49. The van der Waals surface area contributed by atoms with Crippen molar-refractivity contribution in [3.8, 4) is 6.07 Å². The van der Waals surface area contributed by atoms with Crippen molar-refractivity contribution in [2.75, 3.05) is 19.6 Å². The Kier molecular flexibility index (Phi) is 3.38. The molecule has 0 aliphatic carbocycles. The molecule has 1 rings (SSSR count). The lowest BCUT2D eigenvalue weighted by molar-refractivity contribution is 0.190. The fourth-order valence-electron chi connectivity index (χ4n) is 1.73. The SMILES string of the molecule is CCC1CCCN(CC#N)C1. The van der Waals surface area contributed by atoms with Gasteiger partial charge in [0.25, 0.3) is 0 Å². The van der Waals surface area contributed by atoms with E-state index in [-0.39, 0.29) is 0 Å². The number of likely N-dealkylation sites (tertiary alicyclic amines) is 1. The molecule has 2 nitrogen and oxygen atoms in total. The van der Waals surface area contributed by atoms with E-state index in [0.717, 1.165) is 19.0 Å². The van der Waals surface area contributed by atoms with E-state index < -0.39 is 0 Å². The number of nitriles is 1. The number of nitrogens with zero attached hydrogens (tertiary/aromatic N) is 2. The van der Waals surface area contributed by atoms with Gasteiger partial charge in [-0.25, -0.2) is 0 Å². The average Bonchev–Trinajstić information content (AvgIpc) is 2.06. The molecule has 0 amide bonds. The fraction of sp³-hybridized carbons (Fsp3) is 0.889. The van der Waals surface area contributed by atoms with Crippen molar-refractivity contribution in [2.24, 2.45) is 5.92 Å². The van der Waals surface area contributed by atoms with Crippen LogP contribution in [0.1, 0.15) is 26.2 Å². The van der Waals surface area contributed by atoms with Crippen LogP contribution in [0.4, 0.5) is 0 Å². The standard InChI is InChI=1S/C9H16N2/c1-2-9-4-3-6-11(8-9)7-5-10/h9H,2-4,6-8H2,1H3. The van der Waals surface area contributed by atoms with E-state index in [1.54, 1.807) is 0 Å². The van der Waals surface area contributed by atoms with E-state index in [2.05, 4.69) is 17.9 Å². The lowest BCUT2D eigenvalue weighted by Gasteiger charge is -2.30. The summed E-state index contributed by atoms with van der Waals surface area (Å²) in [4.78, 5) is 2.26. The van der Waals surface area contributed by atoms with Gasteiger partial charge in [0.15, 0.2) is 0 Å². The third-order valence-corrected chi connectivity index (χ3v) is 2.47. The van der Waals surface area contributed by atoms with Crippen LogP contribution in [0.3, 0.4) is 0 Å². The number of hydrogen-bond acceptors (Lipinski definition) is 2. The lowest BCUT2D eigenvalue weighted by atomic mass is 9.96. The topological polar surface area (TPSA) is 27.0 Å². The molecule has 1 atom stereocenters. The molecule has 1 unspecified atom stereocenters. The van der Waals surface area contributed by atoms with Crippen LogP contribution in [0.25, 0.3) is 0 Å². The molecule has 1 aliphatic rings. The number of piperidine rings is 1. The lowest BCUT2D eigenvalue weighted by Crippen LogP contribution is -2.35. The van der Waals surface area contributed by atoms with E-state index in [1.807, 2.05) is 0 Å². The van der Waals surface area contributed by atoms with E-state index in [9.17, 15) is 0 Å². The molecule has 1 aliphatic heterocycles. The Morgan fingerprint density at radius 3 is 3.09 bits per heavy atom. The van der Waals surface area contributed by atoms with Gasteiger partial charge in [0.2, 0.25) is 0 Å². The summed E-state index contributed by atoms with van der Waals surface area (Å²) in [5.74, 6) is 0.845. The van der Waals surface area contributed by atoms with Gasteiger partial charge >= 0.3 is 0 Å². The van der Waals surface area contributed by atoms with Crippen molar-refractivity contribution < 1.29 is 0 Å². The Balaban J connectivity index is 2.28. The van der Waals surface area contributed by atoms with E-state index in [0.29, 0.717) is 6.54 Å². The Morgan fingerprint density at radius 1 is 1.64 bits per heavy atom. The molecule has 0 N–H and O–H groups in total. The maximum Gasteiger partial charge on any atom is 0.0866 e.